The number of alkyl halides is 2. The zero-order valence-electron chi connectivity index (χ0n) is 14.2. The van der Waals surface area contributed by atoms with Crippen LogP contribution in [-0.4, -0.2) is 70.6 Å². The van der Waals surface area contributed by atoms with E-state index in [0.717, 1.165) is 24.3 Å². The van der Waals surface area contributed by atoms with E-state index in [1.165, 1.54) is 11.9 Å². The Labute approximate surface area is 154 Å². The highest BCUT2D eigenvalue weighted by molar-refractivity contribution is 7.92. The summed E-state index contributed by atoms with van der Waals surface area (Å²) in [5.74, 6) is -5.28. The number of benzene rings is 1. The van der Waals surface area contributed by atoms with Gasteiger partial charge in [-0.3, -0.25) is 4.79 Å². The molecule has 1 aromatic rings. The van der Waals surface area contributed by atoms with Gasteiger partial charge in [-0.15, -0.1) is 0 Å². The monoisotopic (exact) mass is 425 g/mol. The maximum atomic E-state index is 12.5. The normalized spacial score (nSPS) is 19.0. The van der Waals surface area contributed by atoms with E-state index >= 15 is 0 Å². The van der Waals surface area contributed by atoms with Crippen LogP contribution in [0.3, 0.4) is 0 Å². The van der Waals surface area contributed by atoms with Crippen LogP contribution in [0.25, 0.3) is 0 Å². The van der Waals surface area contributed by atoms with Crippen molar-refractivity contribution in [2.24, 2.45) is 0 Å². The Bertz CT molecular complexity index is 927. The number of nitrogens with zero attached hydrogens (tertiary/aromatic N) is 1. The average Bonchev–Trinajstić information content (AvgIpc) is 2.98. The maximum absolute atomic E-state index is 12.5. The van der Waals surface area contributed by atoms with E-state index in [4.69, 9.17) is 4.74 Å². The van der Waals surface area contributed by atoms with Gasteiger partial charge in [0.25, 0.3) is 5.91 Å². The van der Waals surface area contributed by atoms with E-state index in [2.05, 4.69) is 0 Å². The van der Waals surface area contributed by atoms with Crippen LogP contribution >= 0.6 is 0 Å². The Morgan fingerprint density at radius 2 is 1.85 bits per heavy atom. The molecule has 1 amide bonds. The highest BCUT2D eigenvalue weighted by atomic mass is 32.2. The number of esters is 1. The number of amides is 1. The summed E-state index contributed by atoms with van der Waals surface area (Å²) in [4.78, 5) is 24.5. The predicted molar refractivity (Wildman–Crippen MR) is 89.7 cm³/mol. The second-order valence-electron chi connectivity index (χ2n) is 5.97. The number of hydrogen-bond donors (Lipinski definition) is 0. The van der Waals surface area contributed by atoms with Crippen molar-refractivity contribution in [1.82, 2.24) is 4.90 Å². The minimum Gasteiger partial charge on any atom is -0.452 e. The van der Waals surface area contributed by atoms with E-state index in [1.807, 2.05) is 0 Å². The molecule has 27 heavy (non-hydrogen) atoms. The SMILES string of the molecule is CN(C(=O)COC(=O)c1ccc(S(=O)(=O)C(F)F)cc1)[C@H]1CCS(=O)(=O)C1. The van der Waals surface area contributed by atoms with Crippen LogP contribution < -0.4 is 0 Å². The van der Waals surface area contributed by atoms with Gasteiger partial charge in [-0.25, -0.2) is 21.6 Å². The number of ether oxygens (including phenoxy) is 1. The van der Waals surface area contributed by atoms with E-state index in [1.54, 1.807) is 0 Å². The van der Waals surface area contributed by atoms with Crippen molar-refractivity contribution in [3.63, 3.8) is 0 Å². The molecule has 0 aliphatic carbocycles. The number of likely N-dealkylation sites (N-methyl/N-ethyl adjacent to an activating group) is 1. The first-order valence-electron chi connectivity index (χ1n) is 7.69. The van der Waals surface area contributed by atoms with Gasteiger partial charge >= 0.3 is 11.7 Å². The van der Waals surface area contributed by atoms with Gasteiger partial charge in [0.15, 0.2) is 16.4 Å². The Morgan fingerprint density at radius 1 is 1.26 bits per heavy atom. The van der Waals surface area contributed by atoms with Crippen molar-refractivity contribution in [2.75, 3.05) is 25.2 Å². The number of halogens is 2. The lowest BCUT2D eigenvalue weighted by Gasteiger charge is -2.23. The van der Waals surface area contributed by atoms with Gasteiger partial charge in [-0.1, -0.05) is 0 Å². The number of hydrogen-bond acceptors (Lipinski definition) is 7. The molecule has 0 radical (unpaired) electrons. The topological polar surface area (TPSA) is 115 Å². The molecule has 0 saturated carbocycles. The van der Waals surface area contributed by atoms with E-state index < -0.39 is 54.9 Å². The van der Waals surface area contributed by atoms with Crippen LogP contribution in [0.4, 0.5) is 8.78 Å². The summed E-state index contributed by atoms with van der Waals surface area (Å²) < 4.78 is 75.3. The van der Waals surface area contributed by atoms with Gasteiger partial charge in [0.2, 0.25) is 9.84 Å². The molecule has 1 aliphatic rings. The molecule has 2 rings (SSSR count). The fraction of sp³-hybridized carbons (Fsp3) is 0.467. The number of carbonyl (C=O) groups excluding carboxylic acids is 2. The van der Waals surface area contributed by atoms with Gasteiger partial charge in [0.1, 0.15) is 0 Å². The molecular weight excluding hydrogens is 408 g/mol. The molecule has 0 spiro atoms. The van der Waals surface area contributed by atoms with Crippen molar-refractivity contribution in [1.29, 1.82) is 0 Å². The Morgan fingerprint density at radius 3 is 2.33 bits per heavy atom. The highest BCUT2D eigenvalue weighted by Gasteiger charge is 2.33. The van der Waals surface area contributed by atoms with Crippen LogP contribution in [0.5, 0.6) is 0 Å². The number of sulfone groups is 2. The molecule has 0 aromatic heterocycles. The Hall–Kier alpha value is -2.08. The molecule has 0 bridgehead atoms. The van der Waals surface area contributed by atoms with Crippen LogP contribution in [-0.2, 0) is 29.2 Å². The molecule has 0 N–H and O–H groups in total. The molecule has 150 valence electrons. The van der Waals surface area contributed by atoms with Crippen LogP contribution in [0.2, 0.25) is 0 Å². The largest absolute Gasteiger partial charge is 0.452 e. The fourth-order valence-corrected chi connectivity index (χ4v) is 4.98. The van der Waals surface area contributed by atoms with Crippen LogP contribution in [0.15, 0.2) is 29.2 Å². The minimum atomic E-state index is -4.77. The van der Waals surface area contributed by atoms with Gasteiger partial charge in [-0.2, -0.15) is 8.78 Å². The molecule has 1 atom stereocenters. The summed E-state index contributed by atoms with van der Waals surface area (Å²) in [6.07, 6.45) is 0.304. The van der Waals surface area contributed by atoms with E-state index in [9.17, 15) is 35.2 Å². The van der Waals surface area contributed by atoms with Gasteiger partial charge in [-0.05, 0) is 30.7 Å². The third kappa shape index (κ3) is 5.01. The first kappa shape index (κ1) is 21.2. The summed E-state index contributed by atoms with van der Waals surface area (Å²) in [7, 11) is -6.54. The zero-order valence-corrected chi connectivity index (χ0v) is 15.8. The Balaban J connectivity index is 1.95. The molecule has 1 aliphatic heterocycles. The van der Waals surface area contributed by atoms with Crippen molar-refractivity contribution in [2.45, 2.75) is 23.1 Å². The number of carbonyl (C=O) groups is 2. The standard InChI is InChI=1S/C15H17F2NO7S2/c1-18(11-6-7-26(21,22)9-11)13(19)8-25-14(20)10-2-4-12(5-3-10)27(23,24)15(16)17/h2-5,11,15H,6-9H2,1H3/t11-/m0/s1. The summed E-state index contributed by atoms with van der Waals surface area (Å²) in [5.41, 5.74) is -0.123. The first-order chi connectivity index (χ1) is 12.4. The van der Waals surface area contributed by atoms with Crippen LogP contribution in [0.1, 0.15) is 16.8 Å². The summed E-state index contributed by atoms with van der Waals surface area (Å²) in [5, 5.41) is 0. The maximum Gasteiger partial charge on any atom is 0.341 e. The lowest BCUT2D eigenvalue weighted by Crippen LogP contribution is -2.40. The number of rotatable bonds is 6. The third-order valence-corrected chi connectivity index (χ3v) is 7.28. The van der Waals surface area contributed by atoms with Gasteiger partial charge < -0.3 is 9.64 Å². The van der Waals surface area contributed by atoms with Gasteiger partial charge in [0, 0.05) is 13.1 Å². The summed E-state index contributed by atoms with van der Waals surface area (Å²) >= 11 is 0. The quantitative estimate of drug-likeness (QED) is 0.609. The lowest BCUT2D eigenvalue weighted by molar-refractivity contribution is -0.134. The van der Waals surface area contributed by atoms with Gasteiger partial charge in [0.05, 0.1) is 22.0 Å². The molecule has 1 heterocycles. The predicted octanol–water partition coefficient (Wildman–Crippen LogP) is 0.485. The smallest absolute Gasteiger partial charge is 0.341 e. The molecule has 12 heteroatoms. The Kier molecular flexibility index (Phi) is 6.20. The molecule has 1 saturated heterocycles. The van der Waals surface area contributed by atoms with Crippen LogP contribution in [0, 0.1) is 0 Å². The fourth-order valence-electron chi connectivity index (χ4n) is 2.48. The minimum absolute atomic E-state index is 0.0110. The summed E-state index contributed by atoms with van der Waals surface area (Å²) in [6.45, 7) is -0.636. The lowest BCUT2D eigenvalue weighted by atomic mass is 10.2. The van der Waals surface area contributed by atoms with E-state index in [-0.39, 0.29) is 17.1 Å². The molecule has 8 nitrogen and oxygen atoms in total. The highest BCUT2D eigenvalue weighted by Crippen LogP contribution is 2.19. The third-order valence-electron chi connectivity index (χ3n) is 4.13. The second-order valence-corrected chi connectivity index (χ2v) is 10.1. The van der Waals surface area contributed by atoms with Crippen molar-refractivity contribution in [3.8, 4) is 0 Å². The van der Waals surface area contributed by atoms with Crippen molar-refractivity contribution < 1.29 is 39.9 Å². The molecule has 0 unspecified atom stereocenters. The molecular formula is C15H17F2NO7S2. The van der Waals surface area contributed by atoms with E-state index in [0.29, 0.717) is 6.42 Å². The first-order valence-corrected chi connectivity index (χ1v) is 11.1. The second kappa shape index (κ2) is 7.89. The molecule has 1 fully saturated rings. The molecule has 1 aromatic carbocycles. The summed E-state index contributed by atoms with van der Waals surface area (Å²) in [6, 6.07) is 3.19. The zero-order chi connectivity index (χ0) is 20.4. The van der Waals surface area contributed by atoms with Crippen molar-refractivity contribution >= 4 is 31.6 Å². The van der Waals surface area contributed by atoms with Crippen molar-refractivity contribution in [3.05, 3.63) is 29.8 Å². The average molecular weight is 425 g/mol.